The fourth-order valence-corrected chi connectivity index (χ4v) is 2.97. The Labute approximate surface area is 188 Å². The lowest BCUT2D eigenvalue weighted by Crippen LogP contribution is -2.21. The van der Waals surface area contributed by atoms with Gasteiger partial charge in [-0.1, -0.05) is 23.7 Å². The number of benzene rings is 3. The first-order valence-electron chi connectivity index (χ1n) is 9.33. The van der Waals surface area contributed by atoms with Crippen molar-refractivity contribution >= 4 is 35.3 Å². The van der Waals surface area contributed by atoms with Crippen LogP contribution in [0.15, 0.2) is 65.8 Å². The Bertz CT molecular complexity index is 1180. The van der Waals surface area contributed by atoms with Crippen LogP contribution in [0.2, 0.25) is 5.02 Å². The molecule has 0 unspecified atom stereocenters. The van der Waals surface area contributed by atoms with E-state index in [4.69, 9.17) is 21.1 Å². The third-order valence-corrected chi connectivity index (χ3v) is 4.58. The highest BCUT2D eigenvalue weighted by atomic mass is 35.5. The van der Waals surface area contributed by atoms with Gasteiger partial charge in [0.25, 0.3) is 11.8 Å². The zero-order valence-electron chi connectivity index (χ0n) is 17.2. The van der Waals surface area contributed by atoms with Crippen LogP contribution < -0.4 is 20.2 Å². The Morgan fingerprint density at radius 2 is 1.75 bits per heavy atom. The van der Waals surface area contributed by atoms with E-state index in [0.29, 0.717) is 22.1 Å². The molecule has 2 amide bonds. The topological polar surface area (TPSA) is 89.0 Å². The Balaban J connectivity index is 1.78. The van der Waals surface area contributed by atoms with Gasteiger partial charge in [0.2, 0.25) is 0 Å². The van der Waals surface area contributed by atoms with Gasteiger partial charge in [-0.3, -0.25) is 9.59 Å². The third-order valence-electron chi connectivity index (χ3n) is 4.35. The van der Waals surface area contributed by atoms with Crippen LogP contribution in [0.1, 0.15) is 26.3 Å². The second kappa shape index (κ2) is 10.4. The van der Waals surface area contributed by atoms with E-state index in [2.05, 4.69) is 15.8 Å². The van der Waals surface area contributed by atoms with Crippen LogP contribution in [0.5, 0.6) is 11.5 Å². The van der Waals surface area contributed by atoms with Gasteiger partial charge >= 0.3 is 0 Å². The lowest BCUT2D eigenvalue weighted by molar-refractivity contribution is 0.0956. The Morgan fingerprint density at radius 1 is 0.969 bits per heavy atom. The highest BCUT2D eigenvalue weighted by Crippen LogP contribution is 2.28. The molecule has 0 spiro atoms. The third kappa shape index (κ3) is 5.61. The van der Waals surface area contributed by atoms with Crippen molar-refractivity contribution in [3.05, 3.63) is 88.2 Å². The van der Waals surface area contributed by atoms with Crippen molar-refractivity contribution in [1.29, 1.82) is 0 Å². The highest BCUT2D eigenvalue weighted by molar-refractivity contribution is 6.31. The maximum absolute atomic E-state index is 13.2. The minimum absolute atomic E-state index is 0.139. The molecule has 0 aliphatic heterocycles. The predicted molar refractivity (Wildman–Crippen MR) is 120 cm³/mol. The molecule has 0 bridgehead atoms. The quantitative estimate of drug-likeness (QED) is 0.405. The summed E-state index contributed by atoms with van der Waals surface area (Å²) in [6, 6.07) is 14.8. The molecule has 0 atom stereocenters. The van der Waals surface area contributed by atoms with E-state index in [9.17, 15) is 14.0 Å². The summed E-state index contributed by atoms with van der Waals surface area (Å²) >= 11 is 6.05. The number of carbonyl (C=O) groups is 2. The van der Waals surface area contributed by atoms with E-state index >= 15 is 0 Å². The van der Waals surface area contributed by atoms with Crippen LogP contribution in [0.3, 0.4) is 0 Å². The number of rotatable bonds is 7. The summed E-state index contributed by atoms with van der Waals surface area (Å²) in [4.78, 5) is 25.4. The summed E-state index contributed by atoms with van der Waals surface area (Å²) in [7, 11) is 2.95. The van der Waals surface area contributed by atoms with Crippen LogP contribution in [0.25, 0.3) is 0 Å². The van der Waals surface area contributed by atoms with E-state index in [-0.39, 0.29) is 16.8 Å². The molecular formula is C23H19ClFN3O4. The summed E-state index contributed by atoms with van der Waals surface area (Å²) in [6.07, 6.45) is 1.30. The molecule has 0 heterocycles. The first-order valence-corrected chi connectivity index (χ1v) is 9.71. The molecule has 0 saturated carbocycles. The first-order chi connectivity index (χ1) is 15.4. The fraction of sp³-hybridized carbons (Fsp3) is 0.0870. The zero-order valence-corrected chi connectivity index (χ0v) is 17.9. The van der Waals surface area contributed by atoms with Crippen molar-refractivity contribution in [3.8, 4) is 11.5 Å². The number of nitrogens with zero attached hydrogens (tertiary/aromatic N) is 1. The number of amides is 2. The van der Waals surface area contributed by atoms with Gasteiger partial charge in [-0.15, -0.1) is 0 Å². The minimum Gasteiger partial charge on any atom is -0.493 e. The van der Waals surface area contributed by atoms with Gasteiger partial charge in [-0.05, 0) is 54.1 Å². The number of ether oxygens (including phenoxy) is 2. The number of methoxy groups -OCH3 is 2. The lowest BCUT2D eigenvalue weighted by atomic mass is 10.1. The van der Waals surface area contributed by atoms with Gasteiger partial charge in [0, 0.05) is 10.6 Å². The highest BCUT2D eigenvalue weighted by Gasteiger charge is 2.16. The minimum atomic E-state index is -0.586. The van der Waals surface area contributed by atoms with Crippen LogP contribution in [0, 0.1) is 5.82 Å². The van der Waals surface area contributed by atoms with Gasteiger partial charge in [-0.2, -0.15) is 5.10 Å². The van der Waals surface area contributed by atoms with Gasteiger partial charge in [0.1, 0.15) is 5.82 Å². The van der Waals surface area contributed by atoms with Crippen LogP contribution in [-0.4, -0.2) is 32.2 Å². The Morgan fingerprint density at radius 3 is 2.47 bits per heavy atom. The summed E-state index contributed by atoms with van der Waals surface area (Å²) in [5.41, 5.74) is 3.44. The van der Waals surface area contributed by atoms with E-state index < -0.39 is 17.6 Å². The van der Waals surface area contributed by atoms with Gasteiger partial charge in [0.05, 0.1) is 31.7 Å². The van der Waals surface area contributed by atoms with Gasteiger partial charge < -0.3 is 14.8 Å². The second-order valence-electron chi connectivity index (χ2n) is 6.47. The molecule has 2 N–H and O–H groups in total. The van der Waals surface area contributed by atoms with Crippen LogP contribution >= 0.6 is 11.6 Å². The zero-order chi connectivity index (χ0) is 23.1. The monoisotopic (exact) mass is 455 g/mol. The van der Waals surface area contributed by atoms with E-state index in [1.54, 1.807) is 18.2 Å². The van der Waals surface area contributed by atoms with Crippen molar-refractivity contribution in [2.75, 3.05) is 19.5 Å². The average Bonchev–Trinajstić information content (AvgIpc) is 2.78. The summed E-state index contributed by atoms with van der Waals surface area (Å²) < 4.78 is 23.6. The van der Waals surface area contributed by atoms with Crippen LogP contribution in [-0.2, 0) is 0 Å². The molecule has 164 valence electrons. The predicted octanol–water partition coefficient (Wildman–Crippen LogP) is 4.51. The Kier molecular flexibility index (Phi) is 7.41. The van der Waals surface area contributed by atoms with E-state index in [1.165, 1.54) is 62.9 Å². The standard InChI is InChI=1S/C23H19ClFN3O4/c1-31-20-9-6-15(11-21(20)32-2)22(29)27-19-12-16(24)7-8-18(19)23(30)28-26-13-14-4-3-5-17(25)10-14/h3-13H,1-2H3,(H,27,29)(H,28,30)/b26-13+. The first kappa shape index (κ1) is 22.8. The molecule has 0 aliphatic rings. The smallest absolute Gasteiger partial charge is 0.273 e. The molecule has 0 radical (unpaired) electrons. The molecule has 0 aliphatic carbocycles. The lowest BCUT2D eigenvalue weighted by Gasteiger charge is -2.12. The largest absolute Gasteiger partial charge is 0.493 e. The maximum atomic E-state index is 13.2. The molecule has 7 nitrogen and oxygen atoms in total. The number of carbonyl (C=O) groups excluding carboxylic acids is 2. The van der Waals surface area contributed by atoms with Gasteiger partial charge in [0.15, 0.2) is 11.5 Å². The summed E-state index contributed by atoms with van der Waals surface area (Å²) in [5, 5.41) is 6.83. The number of hydrogen-bond acceptors (Lipinski definition) is 5. The molecule has 3 aromatic rings. The normalized spacial score (nSPS) is 10.6. The molecule has 0 aromatic heterocycles. The van der Waals surface area contributed by atoms with Crippen molar-refractivity contribution in [2.24, 2.45) is 5.10 Å². The molecule has 3 rings (SSSR count). The van der Waals surface area contributed by atoms with E-state index in [1.807, 2.05) is 0 Å². The van der Waals surface area contributed by atoms with Crippen LogP contribution in [0.4, 0.5) is 10.1 Å². The van der Waals surface area contributed by atoms with Crippen molar-refractivity contribution in [1.82, 2.24) is 5.43 Å². The molecular weight excluding hydrogens is 437 g/mol. The van der Waals surface area contributed by atoms with Crippen molar-refractivity contribution in [3.63, 3.8) is 0 Å². The Hall–Kier alpha value is -3.91. The number of hydrogen-bond donors (Lipinski definition) is 2. The molecule has 9 heteroatoms. The van der Waals surface area contributed by atoms with Gasteiger partial charge in [-0.25, -0.2) is 9.82 Å². The fourth-order valence-electron chi connectivity index (χ4n) is 2.80. The SMILES string of the molecule is COc1ccc(C(=O)Nc2cc(Cl)ccc2C(=O)N/N=C/c2cccc(F)c2)cc1OC. The van der Waals surface area contributed by atoms with Crippen molar-refractivity contribution in [2.45, 2.75) is 0 Å². The number of anilines is 1. The molecule has 3 aromatic carbocycles. The number of halogens is 2. The molecule has 0 fully saturated rings. The van der Waals surface area contributed by atoms with Crippen molar-refractivity contribution < 1.29 is 23.5 Å². The average molecular weight is 456 g/mol. The maximum Gasteiger partial charge on any atom is 0.273 e. The van der Waals surface area contributed by atoms with E-state index in [0.717, 1.165) is 0 Å². The number of nitrogens with one attached hydrogen (secondary N) is 2. The second-order valence-corrected chi connectivity index (χ2v) is 6.90. The molecule has 0 saturated heterocycles. The summed E-state index contributed by atoms with van der Waals surface area (Å²) in [6.45, 7) is 0. The molecule has 32 heavy (non-hydrogen) atoms. The summed E-state index contributed by atoms with van der Waals surface area (Å²) in [5.74, 6) is -0.625. The number of hydrazone groups is 1.